The highest BCUT2D eigenvalue weighted by molar-refractivity contribution is 6.78. The number of benzene rings is 1. The Kier molecular flexibility index (Phi) is 3.45. The van der Waals surface area contributed by atoms with Crippen LogP contribution in [-0.4, -0.2) is 17.6 Å². The van der Waals surface area contributed by atoms with Gasteiger partial charge in [0.15, 0.2) is 0 Å². The Hall–Kier alpha value is -1.87. The number of hydrogen-bond donors (Lipinski definition) is 0. The Balaban J connectivity index is 2.15. The molecule has 2 aromatic heterocycles. The highest BCUT2D eigenvalue weighted by Gasteiger charge is 2.30. The number of aryl methyl sites for hydroxylation is 1. The lowest BCUT2D eigenvalue weighted by Crippen LogP contribution is -2.32. The van der Waals surface area contributed by atoms with Gasteiger partial charge in [-0.05, 0) is 41.3 Å². The van der Waals surface area contributed by atoms with Gasteiger partial charge in [-0.1, -0.05) is 31.8 Å². The summed E-state index contributed by atoms with van der Waals surface area (Å²) in [6, 6.07) is 15.3. The van der Waals surface area contributed by atoms with Crippen molar-refractivity contribution in [3.8, 4) is 0 Å². The van der Waals surface area contributed by atoms with Crippen molar-refractivity contribution in [3.63, 3.8) is 0 Å². The van der Waals surface area contributed by atoms with Gasteiger partial charge in [-0.3, -0.25) is 4.98 Å². The van der Waals surface area contributed by atoms with Crippen LogP contribution in [0.15, 0.2) is 54.9 Å². The zero-order valence-electron chi connectivity index (χ0n) is 13.2. The van der Waals surface area contributed by atoms with Gasteiger partial charge >= 0.3 is 0 Å². The molecule has 1 unspecified atom stereocenters. The average molecular weight is 294 g/mol. The molecule has 0 N–H and O–H groups in total. The van der Waals surface area contributed by atoms with Gasteiger partial charge in [0.1, 0.15) is 0 Å². The van der Waals surface area contributed by atoms with Crippen LogP contribution in [0.5, 0.6) is 0 Å². The third-order valence-electron chi connectivity index (χ3n) is 4.09. The highest BCUT2D eigenvalue weighted by Crippen LogP contribution is 2.34. The van der Waals surface area contributed by atoms with Gasteiger partial charge < -0.3 is 4.57 Å². The van der Waals surface area contributed by atoms with Crippen LogP contribution in [0, 0.1) is 0 Å². The van der Waals surface area contributed by atoms with Gasteiger partial charge in [-0.25, -0.2) is 0 Å². The van der Waals surface area contributed by atoms with E-state index >= 15 is 0 Å². The summed E-state index contributed by atoms with van der Waals surface area (Å²) < 4.78 is 2.17. The summed E-state index contributed by atoms with van der Waals surface area (Å²) in [4.78, 5) is 4.64. The Morgan fingerprint density at radius 1 is 1.05 bits per heavy atom. The summed E-state index contributed by atoms with van der Waals surface area (Å²) in [5.74, 6) is 0. The van der Waals surface area contributed by atoms with Gasteiger partial charge in [0.05, 0.1) is 8.07 Å². The summed E-state index contributed by atoms with van der Waals surface area (Å²) in [7, 11) is 0.676. The zero-order chi connectivity index (χ0) is 15.0. The predicted octanol–water partition coefficient (Wildman–Crippen LogP) is 4.58. The van der Waals surface area contributed by atoms with E-state index in [-0.39, 0.29) is 0 Å². The van der Waals surface area contributed by atoms with Crippen LogP contribution >= 0.6 is 0 Å². The molecule has 3 heteroatoms. The summed E-state index contributed by atoms with van der Waals surface area (Å²) in [6.07, 6.45) is 4.03. The Bertz CT molecular complexity index is 754. The number of fused-ring (bicyclic) bond motifs is 1. The second kappa shape index (κ2) is 5.15. The van der Waals surface area contributed by atoms with Gasteiger partial charge in [-0.2, -0.15) is 0 Å². The van der Waals surface area contributed by atoms with Crippen molar-refractivity contribution < 1.29 is 0 Å². The summed E-state index contributed by atoms with van der Waals surface area (Å²) in [6.45, 7) is 7.25. The largest absolute Gasteiger partial charge is 0.351 e. The minimum Gasteiger partial charge on any atom is -0.351 e. The lowest BCUT2D eigenvalue weighted by atomic mass is 10.1. The Morgan fingerprint density at radius 3 is 2.52 bits per heavy atom. The van der Waals surface area contributed by atoms with E-state index in [9.17, 15) is 0 Å². The number of nitrogens with zero attached hydrogens (tertiary/aromatic N) is 2. The van der Waals surface area contributed by atoms with Gasteiger partial charge in [-0.15, -0.1) is 0 Å². The minimum atomic E-state index is -1.42. The number of rotatable bonds is 3. The first kappa shape index (κ1) is 14.1. The van der Waals surface area contributed by atoms with Crippen LogP contribution in [0.25, 0.3) is 10.9 Å². The molecule has 0 aliphatic rings. The third kappa shape index (κ3) is 2.66. The van der Waals surface area contributed by atoms with Gasteiger partial charge in [0.2, 0.25) is 0 Å². The normalized spacial score (nSPS) is 13.5. The van der Waals surface area contributed by atoms with Crippen molar-refractivity contribution in [1.29, 1.82) is 0 Å². The quantitative estimate of drug-likeness (QED) is 0.646. The zero-order valence-corrected chi connectivity index (χ0v) is 14.2. The van der Waals surface area contributed by atoms with Crippen LogP contribution in [0.3, 0.4) is 0 Å². The van der Waals surface area contributed by atoms with Crippen LogP contribution in [0.1, 0.15) is 16.8 Å². The standard InChI is InChI=1S/C18H22N2Si/c1-20-12-10-14-13-15(8-9-17(14)20)18(21(2,3)4)16-7-5-6-11-19-16/h5-13,18H,1-4H3. The minimum absolute atomic E-state index is 0.434. The fraction of sp³-hybridized carbons (Fsp3) is 0.278. The van der Waals surface area contributed by atoms with Crippen molar-refractivity contribution in [2.45, 2.75) is 25.2 Å². The monoisotopic (exact) mass is 294 g/mol. The summed E-state index contributed by atoms with van der Waals surface area (Å²) in [5, 5.41) is 1.31. The molecule has 0 fully saturated rings. The summed E-state index contributed by atoms with van der Waals surface area (Å²) >= 11 is 0. The highest BCUT2D eigenvalue weighted by atomic mass is 28.3. The summed E-state index contributed by atoms with van der Waals surface area (Å²) in [5.41, 5.74) is 4.32. The maximum absolute atomic E-state index is 4.64. The van der Waals surface area contributed by atoms with Crippen LogP contribution < -0.4 is 0 Å². The molecule has 0 spiro atoms. The van der Waals surface area contributed by atoms with Crippen LogP contribution in [0.4, 0.5) is 0 Å². The first-order valence-electron chi connectivity index (χ1n) is 7.43. The van der Waals surface area contributed by atoms with Crippen molar-refractivity contribution >= 4 is 19.0 Å². The van der Waals surface area contributed by atoms with E-state index in [4.69, 9.17) is 0 Å². The number of pyridine rings is 1. The molecule has 0 bridgehead atoms. The Labute approximate surface area is 127 Å². The molecular formula is C18H22N2Si. The number of aromatic nitrogens is 2. The SMILES string of the molecule is Cn1ccc2cc(C(c3ccccn3)[Si](C)(C)C)ccc21. The second-order valence-electron chi connectivity index (χ2n) is 6.80. The first-order valence-corrected chi connectivity index (χ1v) is 11.0. The van der Waals surface area contributed by atoms with Crippen molar-refractivity contribution in [2.75, 3.05) is 0 Å². The third-order valence-corrected chi connectivity index (χ3v) is 6.45. The molecule has 0 aliphatic carbocycles. The number of hydrogen-bond acceptors (Lipinski definition) is 1. The van der Waals surface area contributed by atoms with Gasteiger partial charge in [0, 0.05) is 36.2 Å². The van der Waals surface area contributed by atoms with Crippen molar-refractivity contribution in [1.82, 2.24) is 9.55 Å². The Morgan fingerprint density at radius 2 is 1.86 bits per heavy atom. The first-order chi connectivity index (χ1) is 9.97. The van der Waals surface area contributed by atoms with E-state index in [1.54, 1.807) is 0 Å². The van der Waals surface area contributed by atoms with E-state index in [1.165, 1.54) is 22.2 Å². The molecule has 0 radical (unpaired) electrons. The molecule has 108 valence electrons. The fourth-order valence-corrected chi connectivity index (χ4v) is 5.38. The molecule has 0 saturated carbocycles. The molecule has 2 heterocycles. The lowest BCUT2D eigenvalue weighted by molar-refractivity contribution is 0.966. The smallest absolute Gasteiger partial charge is 0.0593 e. The van der Waals surface area contributed by atoms with E-state index in [0.717, 1.165) is 0 Å². The molecule has 3 aromatic rings. The maximum Gasteiger partial charge on any atom is 0.0593 e. The molecule has 1 aromatic carbocycles. The molecule has 1 atom stereocenters. The lowest BCUT2D eigenvalue weighted by Gasteiger charge is -2.29. The molecule has 3 rings (SSSR count). The maximum atomic E-state index is 4.64. The van der Waals surface area contributed by atoms with E-state index < -0.39 is 8.07 Å². The fourth-order valence-electron chi connectivity index (χ4n) is 3.14. The molecule has 0 saturated heterocycles. The van der Waals surface area contributed by atoms with Crippen molar-refractivity contribution in [2.24, 2.45) is 7.05 Å². The molecule has 0 amide bonds. The van der Waals surface area contributed by atoms with Gasteiger partial charge in [0.25, 0.3) is 0 Å². The molecule has 21 heavy (non-hydrogen) atoms. The second-order valence-corrected chi connectivity index (χ2v) is 12.1. The van der Waals surface area contributed by atoms with Crippen LogP contribution in [0.2, 0.25) is 19.6 Å². The molecule has 0 aliphatic heterocycles. The van der Waals surface area contributed by atoms with Crippen molar-refractivity contribution in [3.05, 3.63) is 66.1 Å². The van der Waals surface area contributed by atoms with E-state index in [0.29, 0.717) is 5.54 Å². The molecule has 2 nitrogen and oxygen atoms in total. The average Bonchev–Trinajstić information content (AvgIpc) is 2.80. The molecular weight excluding hydrogens is 272 g/mol. The van der Waals surface area contributed by atoms with E-state index in [2.05, 4.69) is 78.8 Å². The van der Waals surface area contributed by atoms with Crippen LogP contribution in [-0.2, 0) is 7.05 Å². The predicted molar refractivity (Wildman–Crippen MR) is 92.3 cm³/mol. The topological polar surface area (TPSA) is 17.8 Å². The van der Waals surface area contributed by atoms with E-state index in [1.807, 2.05) is 12.3 Å².